The first-order valence-electron chi connectivity index (χ1n) is 5.86. The second-order valence-electron chi connectivity index (χ2n) is 4.53. The van der Waals surface area contributed by atoms with Gasteiger partial charge in [-0.2, -0.15) is 0 Å². The molecule has 1 amide bonds. The van der Waals surface area contributed by atoms with Gasteiger partial charge in [0.1, 0.15) is 5.54 Å². The van der Waals surface area contributed by atoms with Crippen molar-refractivity contribution in [3.8, 4) is 0 Å². The van der Waals surface area contributed by atoms with Crippen LogP contribution in [0.25, 0.3) is 0 Å². The van der Waals surface area contributed by atoms with E-state index in [1.54, 1.807) is 12.1 Å². The molecule has 1 aromatic carbocycles. The summed E-state index contributed by atoms with van der Waals surface area (Å²) in [6.45, 7) is 0. The number of rotatable bonds is 3. The van der Waals surface area contributed by atoms with E-state index in [1.165, 1.54) is 0 Å². The van der Waals surface area contributed by atoms with Crippen molar-refractivity contribution in [1.82, 2.24) is 5.32 Å². The Kier molecular flexibility index (Phi) is 3.89. The Labute approximate surface area is 119 Å². The van der Waals surface area contributed by atoms with Crippen LogP contribution in [0.15, 0.2) is 24.3 Å². The number of carboxylic acid groups (broad SMARTS) is 1. The van der Waals surface area contributed by atoms with Gasteiger partial charge < -0.3 is 10.4 Å². The number of halogens is 1. The lowest BCUT2D eigenvalue weighted by atomic mass is 9.97. The first-order chi connectivity index (χ1) is 8.55. The molecule has 4 nitrogen and oxygen atoms in total. The lowest BCUT2D eigenvalue weighted by Crippen LogP contribution is -2.52. The van der Waals surface area contributed by atoms with E-state index in [9.17, 15) is 14.7 Å². The van der Waals surface area contributed by atoms with Crippen molar-refractivity contribution in [2.75, 3.05) is 0 Å². The van der Waals surface area contributed by atoms with Crippen LogP contribution in [0, 0.1) is 3.57 Å². The van der Waals surface area contributed by atoms with Crippen LogP contribution in [0.5, 0.6) is 0 Å². The summed E-state index contributed by atoms with van der Waals surface area (Å²) in [5.74, 6) is -1.23. The average Bonchev–Trinajstić information content (AvgIpc) is 2.79. The average molecular weight is 359 g/mol. The van der Waals surface area contributed by atoms with E-state index in [-0.39, 0.29) is 5.91 Å². The molecule has 1 saturated carbocycles. The zero-order valence-corrected chi connectivity index (χ0v) is 11.9. The predicted molar refractivity (Wildman–Crippen MR) is 75.5 cm³/mol. The topological polar surface area (TPSA) is 66.4 Å². The molecular formula is C13H14INO3. The van der Waals surface area contributed by atoms with Gasteiger partial charge >= 0.3 is 5.97 Å². The summed E-state index contributed by atoms with van der Waals surface area (Å²) in [5.41, 5.74) is -0.540. The Morgan fingerprint density at radius 3 is 2.39 bits per heavy atom. The van der Waals surface area contributed by atoms with Crippen molar-refractivity contribution in [3.05, 3.63) is 33.4 Å². The highest BCUT2D eigenvalue weighted by molar-refractivity contribution is 14.1. The maximum atomic E-state index is 12.2. The van der Waals surface area contributed by atoms with Crippen LogP contribution in [0.1, 0.15) is 36.0 Å². The maximum Gasteiger partial charge on any atom is 0.329 e. The summed E-state index contributed by atoms with van der Waals surface area (Å²) < 4.78 is 0.825. The van der Waals surface area contributed by atoms with E-state index in [0.717, 1.165) is 16.4 Å². The highest BCUT2D eigenvalue weighted by Crippen LogP contribution is 2.30. The van der Waals surface area contributed by atoms with Crippen molar-refractivity contribution in [1.29, 1.82) is 0 Å². The highest BCUT2D eigenvalue weighted by Gasteiger charge is 2.42. The Balaban J connectivity index is 2.21. The fourth-order valence-corrected chi connectivity index (χ4v) is 2.93. The van der Waals surface area contributed by atoms with E-state index in [2.05, 4.69) is 27.9 Å². The molecule has 2 rings (SSSR count). The maximum absolute atomic E-state index is 12.2. The number of hydrogen-bond acceptors (Lipinski definition) is 2. The van der Waals surface area contributed by atoms with Gasteiger partial charge in [-0.15, -0.1) is 0 Å². The van der Waals surface area contributed by atoms with Gasteiger partial charge in [0.05, 0.1) is 5.56 Å². The van der Waals surface area contributed by atoms with E-state index in [4.69, 9.17) is 0 Å². The zero-order valence-electron chi connectivity index (χ0n) is 9.78. The first-order valence-corrected chi connectivity index (χ1v) is 6.93. The third-order valence-corrected chi connectivity index (χ3v) is 4.28. The van der Waals surface area contributed by atoms with Gasteiger partial charge in [0.25, 0.3) is 5.91 Å². The van der Waals surface area contributed by atoms with Gasteiger partial charge in [-0.05, 0) is 47.6 Å². The molecule has 0 radical (unpaired) electrons. The Morgan fingerprint density at radius 2 is 1.83 bits per heavy atom. The Morgan fingerprint density at radius 1 is 1.22 bits per heavy atom. The summed E-state index contributed by atoms with van der Waals surface area (Å²) in [7, 11) is 0. The van der Waals surface area contributed by atoms with Crippen molar-refractivity contribution in [3.63, 3.8) is 0 Å². The molecule has 1 fully saturated rings. The van der Waals surface area contributed by atoms with Crippen molar-refractivity contribution >= 4 is 34.5 Å². The second kappa shape index (κ2) is 5.26. The zero-order chi connectivity index (χ0) is 13.2. The van der Waals surface area contributed by atoms with Crippen LogP contribution in [0.2, 0.25) is 0 Å². The second-order valence-corrected chi connectivity index (χ2v) is 5.69. The van der Waals surface area contributed by atoms with Crippen LogP contribution in [-0.2, 0) is 4.79 Å². The molecule has 0 bridgehead atoms. The summed E-state index contributed by atoms with van der Waals surface area (Å²) in [4.78, 5) is 23.5. The van der Waals surface area contributed by atoms with Crippen LogP contribution in [0.3, 0.4) is 0 Å². The van der Waals surface area contributed by atoms with Crippen LogP contribution >= 0.6 is 22.6 Å². The predicted octanol–water partition coefficient (Wildman–Crippen LogP) is 2.42. The molecule has 1 aromatic rings. The molecule has 0 spiro atoms. The van der Waals surface area contributed by atoms with E-state index >= 15 is 0 Å². The molecule has 0 unspecified atom stereocenters. The minimum atomic E-state index is -1.07. The number of aliphatic carboxylic acids is 1. The number of carboxylic acids is 1. The molecule has 18 heavy (non-hydrogen) atoms. The SMILES string of the molecule is O=C(NC1(C(=O)O)CCCC1)c1ccccc1I. The molecule has 0 saturated heterocycles. The Hall–Kier alpha value is -1.11. The summed E-state index contributed by atoms with van der Waals surface area (Å²) in [5, 5.41) is 12.0. The van der Waals surface area contributed by atoms with Crippen molar-refractivity contribution in [2.24, 2.45) is 0 Å². The number of carbonyl (C=O) groups excluding carboxylic acids is 1. The van der Waals surface area contributed by atoms with Gasteiger partial charge in [0.2, 0.25) is 0 Å². The van der Waals surface area contributed by atoms with Gasteiger partial charge in [-0.3, -0.25) is 4.79 Å². The summed E-state index contributed by atoms with van der Waals surface area (Å²) >= 11 is 2.08. The number of hydrogen-bond donors (Lipinski definition) is 2. The molecule has 0 aliphatic heterocycles. The van der Waals surface area contributed by atoms with Gasteiger partial charge in [-0.25, -0.2) is 4.79 Å². The van der Waals surface area contributed by atoms with Crippen molar-refractivity contribution in [2.45, 2.75) is 31.2 Å². The minimum Gasteiger partial charge on any atom is -0.480 e. The van der Waals surface area contributed by atoms with E-state index in [1.807, 2.05) is 12.1 Å². The highest BCUT2D eigenvalue weighted by atomic mass is 127. The number of nitrogens with one attached hydrogen (secondary N) is 1. The van der Waals surface area contributed by atoms with Gasteiger partial charge in [0.15, 0.2) is 0 Å². The molecule has 0 aromatic heterocycles. The molecule has 1 aliphatic rings. The summed E-state index contributed by atoms with van der Waals surface area (Å²) in [6.07, 6.45) is 2.71. The fraction of sp³-hybridized carbons (Fsp3) is 0.385. The fourth-order valence-electron chi connectivity index (χ4n) is 2.30. The molecule has 96 valence electrons. The first kappa shape index (κ1) is 13.3. The minimum absolute atomic E-state index is 0.302. The van der Waals surface area contributed by atoms with Crippen LogP contribution < -0.4 is 5.32 Å². The van der Waals surface area contributed by atoms with Gasteiger partial charge in [0, 0.05) is 3.57 Å². The molecule has 0 atom stereocenters. The largest absolute Gasteiger partial charge is 0.480 e. The normalized spacial score (nSPS) is 17.4. The lowest BCUT2D eigenvalue weighted by molar-refractivity contribution is -0.144. The monoisotopic (exact) mass is 359 g/mol. The molecular weight excluding hydrogens is 345 g/mol. The smallest absolute Gasteiger partial charge is 0.329 e. The van der Waals surface area contributed by atoms with Crippen LogP contribution in [-0.4, -0.2) is 22.5 Å². The molecule has 1 aliphatic carbocycles. The molecule has 5 heteroatoms. The standard InChI is InChI=1S/C13H14INO3/c14-10-6-2-1-5-9(10)11(16)15-13(12(17)18)7-3-4-8-13/h1-2,5-6H,3-4,7-8H2,(H,15,16)(H,17,18). The number of benzene rings is 1. The molecule has 0 heterocycles. The quantitative estimate of drug-likeness (QED) is 0.815. The number of carbonyl (C=O) groups is 2. The summed E-state index contributed by atoms with van der Waals surface area (Å²) in [6, 6.07) is 7.17. The van der Waals surface area contributed by atoms with E-state index in [0.29, 0.717) is 18.4 Å². The van der Waals surface area contributed by atoms with Crippen LogP contribution in [0.4, 0.5) is 0 Å². The third-order valence-electron chi connectivity index (χ3n) is 3.34. The molecule has 2 N–H and O–H groups in total. The van der Waals surface area contributed by atoms with Crippen molar-refractivity contribution < 1.29 is 14.7 Å². The third kappa shape index (κ3) is 2.50. The Bertz CT molecular complexity index is 481. The van der Waals surface area contributed by atoms with E-state index < -0.39 is 11.5 Å². The number of amides is 1. The lowest BCUT2D eigenvalue weighted by Gasteiger charge is -2.25. The van der Waals surface area contributed by atoms with Gasteiger partial charge in [-0.1, -0.05) is 25.0 Å².